The number of halogens is 1. The molecule has 0 radical (unpaired) electrons. The number of hydrogen-bond donors (Lipinski definition) is 1. The van der Waals surface area contributed by atoms with Crippen molar-refractivity contribution in [2.75, 3.05) is 13.1 Å². The van der Waals surface area contributed by atoms with Crippen molar-refractivity contribution in [2.24, 2.45) is 5.73 Å². The predicted molar refractivity (Wildman–Crippen MR) is 42.1 cm³/mol. The van der Waals surface area contributed by atoms with Gasteiger partial charge in [0.05, 0.1) is 12.7 Å². The molecular weight excluding hydrogens is 152 g/mol. The number of rotatable bonds is 2. The molecule has 2 N–H and O–H groups in total. The van der Waals surface area contributed by atoms with Gasteiger partial charge in [0.2, 0.25) is 0 Å². The molecule has 1 unspecified atom stereocenters. The highest BCUT2D eigenvalue weighted by atomic mass is 35.5. The van der Waals surface area contributed by atoms with Crippen LogP contribution in [0.5, 0.6) is 0 Å². The van der Waals surface area contributed by atoms with Crippen LogP contribution in [0.2, 0.25) is 0 Å². The number of likely N-dealkylation sites (tertiary alicyclic amines) is 1. The van der Waals surface area contributed by atoms with Gasteiger partial charge in [0.1, 0.15) is 6.29 Å². The lowest BCUT2D eigenvalue weighted by Crippen LogP contribution is -2.37. The van der Waals surface area contributed by atoms with Gasteiger partial charge in [-0.2, -0.15) is 0 Å². The van der Waals surface area contributed by atoms with Crippen molar-refractivity contribution in [1.29, 1.82) is 0 Å². The van der Waals surface area contributed by atoms with Crippen LogP contribution in [0.25, 0.3) is 0 Å². The molecule has 1 rings (SSSR count). The van der Waals surface area contributed by atoms with Crippen molar-refractivity contribution >= 4 is 18.7 Å². The van der Waals surface area contributed by atoms with Crippen LogP contribution < -0.4 is 5.73 Å². The third kappa shape index (κ3) is 2.25. The molecule has 0 aromatic rings. The first kappa shape index (κ1) is 9.88. The number of aldehydes is 1. The second kappa shape index (κ2) is 4.66. The second-order valence-corrected chi connectivity index (χ2v) is 2.37. The van der Waals surface area contributed by atoms with Crippen LogP contribution in [-0.4, -0.2) is 30.4 Å². The molecule has 0 spiro atoms. The molecule has 10 heavy (non-hydrogen) atoms. The Morgan fingerprint density at radius 3 is 2.80 bits per heavy atom. The van der Waals surface area contributed by atoms with E-state index in [9.17, 15) is 4.79 Å². The van der Waals surface area contributed by atoms with Crippen molar-refractivity contribution in [3.05, 3.63) is 0 Å². The molecular formula is C6H13ClN2O. The van der Waals surface area contributed by atoms with Crippen molar-refractivity contribution < 1.29 is 4.79 Å². The predicted octanol–water partition coefficient (Wildman–Crippen LogP) is -0.0123. The van der Waals surface area contributed by atoms with Gasteiger partial charge in [-0.3, -0.25) is 4.90 Å². The van der Waals surface area contributed by atoms with E-state index >= 15 is 0 Å². The molecule has 0 aliphatic carbocycles. The van der Waals surface area contributed by atoms with Crippen molar-refractivity contribution in [3.63, 3.8) is 0 Å². The van der Waals surface area contributed by atoms with Crippen LogP contribution >= 0.6 is 12.4 Å². The van der Waals surface area contributed by atoms with E-state index in [-0.39, 0.29) is 18.6 Å². The largest absolute Gasteiger partial charge is 0.316 e. The minimum Gasteiger partial charge on any atom is -0.316 e. The standard InChI is InChI=1S/C6H12N2O.ClH/c7-6-2-1-3-8(6)4-5-9;/h5-6H,1-4,7H2;1H. The Labute approximate surface area is 67.0 Å². The Morgan fingerprint density at radius 2 is 2.40 bits per heavy atom. The maximum Gasteiger partial charge on any atom is 0.134 e. The molecule has 4 heteroatoms. The van der Waals surface area contributed by atoms with Crippen LogP contribution in [0.4, 0.5) is 0 Å². The number of nitrogens with two attached hydrogens (primary N) is 1. The van der Waals surface area contributed by atoms with Gasteiger partial charge in [0.15, 0.2) is 0 Å². The van der Waals surface area contributed by atoms with Gasteiger partial charge < -0.3 is 10.5 Å². The van der Waals surface area contributed by atoms with E-state index in [1.807, 2.05) is 4.90 Å². The second-order valence-electron chi connectivity index (χ2n) is 2.37. The van der Waals surface area contributed by atoms with E-state index in [0.29, 0.717) is 6.54 Å². The molecule has 0 saturated carbocycles. The SMILES string of the molecule is Cl.NC1CCCN1CC=O. The Hall–Kier alpha value is -0.120. The lowest BCUT2D eigenvalue weighted by Gasteiger charge is -2.16. The molecule has 1 aliphatic rings. The molecule has 1 aliphatic heterocycles. The average molecular weight is 165 g/mol. The first-order valence-corrected chi connectivity index (χ1v) is 3.28. The maximum atomic E-state index is 10.0. The monoisotopic (exact) mass is 164 g/mol. The molecule has 0 aromatic heterocycles. The van der Waals surface area contributed by atoms with Crippen LogP contribution in [0.1, 0.15) is 12.8 Å². The highest BCUT2D eigenvalue weighted by Crippen LogP contribution is 2.10. The van der Waals surface area contributed by atoms with Gasteiger partial charge in [-0.1, -0.05) is 0 Å². The quantitative estimate of drug-likeness (QED) is 0.584. The lowest BCUT2D eigenvalue weighted by atomic mass is 10.3. The van der Waals surface area contributed by atoms with E-state index in [1.165, 1.54) is 0 Å². The number of carbonyl (C=O) groups excluding carboxylic acids is 1. The van der Waals surface area contributed by atoms with Gasteiger partial charge in [0, 0.05) is 6.54 Å². The summed E-state index contributed by atoms with van der Waals surface area (Å²) in [5.41, 5.74) is 5.63. The van der Waals surface area contributed by atoms with Crippen LogP contribution in [-0.2, 0) is 4.79 Å². The van der Waals surface area contributed by atoms with Gasteiger partial charge in [-0.05, 0) is 12.8 Å². The Bertz CT molecular complexity index is 110. The zero-order chi connectivity index (χ0) is 6.69. The summed E-state index contributed by atoms with van der Waals surface area (Å²) in [6.45, 7) is 1.49. The normalized spacial score (nSPS) is 25.9. The third-order valence-electron chi connectivity index (χ3n) is 1.72. The van der Waals surface area contributed by atoms with E-state index < -0.39 is 0 Å². The number of nitrogens with zero attached hydrogens (tertiary/aromatic N) is 1. The average Bonchev–Trinajstić information content (AvgIpc) is 2.18. The zero-order valence-corrected chi connectivity index (χ0v) is 6.64. The molecule has 1 fully saturated rings. The fourth-order valence-corrected chi connectivity index (χ4v) is 1.17. The molecule has 0 amide bonds. The Balaban J connectivity index is 0.000000810. The van der Waals surface area contributed by atoms with Crippen molar-refractivity contribution in [1.82, 2.24) is 4.90 Å². The summed E-state index contributed by atoms with van der Waals surface area (Å²) in [5, 5.41) is 0. The molecule has 0 bridgehead atoms. The Kier molecular flexibility index (Phi) is 4.60. The number of carbonyl (C=O) groups is 1. The zero-order valence-electron chi connectivity index (χ0n) is 5.82. The van der Waals surface area contributed by atoms with Gasteiger partial charge in [0.25, 0.3) is 0 Å². The first-order chi connectivity index (χ1) is 4.34. The maximum absolute atomic E-state index is 10.0. The molecule has 60 valence electrons. The summed E-state index contributed by atoms with van der Waals surface area (Å²) in [4.78, 5) is 12.0. The van der Waals surface area contributed by atoms with Crippen LogP contribution in [0, 0.1) is 0 Å². The van der Waals surface area contributed by atoms with E-state index in [4.69, 9.17) is 5.73 Å². The lowest BCUT2D eigenvalue weighted by molar-refractivity contribution is -0.109. The summed E-state index contributed by atoms with van der Waals surface area (Å²) >= 11 is 0. The van der Waals surface area contributed by atoms with Gasteiger partial charge >= 0.3 is 0 Å². The van der Waals surface area contributed by atoms with E-state index in [2.05, 4.69) is 0 Å². The first-order valence-electron chi connectivity index (χ1n) is 3.28. The number of hydrogen-bond acceptors (Lipinski definition) is 3. The van der Waals surface area contributed by atoms with Crippen molar-refractivity contribution in [3.8, 4) is 0 Å². The summed E-state index contributed by atoms with van der Waals surface area (Å²) in [6.07, 6.45) is 3.21. The molecule has 0 aromatic carbocycles. The van der Waals surface area contributed by atoms with Crippen LogP contribution in [0.3, 0.4) is 0 Å². The fraction of sp³-hybridized carbons (Fsp3) is 0.833. The molecule has 3 nitrogen and oxygen atoms in total. The Morgan fingerprint density at radius 1 is 1.70 bits per heavy atom. The molecule has 1 saturated heterocycles. The minimum absolute atomic E-state index is 0. The van der Waals surface area contributed by atoms with Gasteiger partial charge in [-0.25, -0.2) is 0 Å². The summed E-state index contributed by atoms with van der Waals surface area (Å²) in [6, 6.07) is 0. The highest BCUT2D eigenvalue weighted by Gasteiger charge is 2.18. The topological polar surface area (TPSA) is 46.3 Å². The minimum atomic E-state index is 0. The van der Waals surface area contributed by atoms with Gasteiger partial charge in [-0.15, -0.1) is 12.4 Å². The van der Waals surface area contributed by atoms with E-state index in [0.717, 1.165) is 25.7 Å². The summed E-state index contributed by atoms with van der Waals surface area (Å²) in [5.74, 6) is 0. The highest BCUT2D eigenvalue weighted by molar-refractivity contribution is 5.85. The van der Waals surface area contributed by atoms with Crippen molar-refractivity contribution in [2.45, 2.75) is 19.0 Å². The van der Waals surface area contributed by atoms with E-state index in [1.54, 1.807) is 0 Å². The van der Waals surface area contributed by atoms with Crippen LogP contribution in [0.15, 0.2) is 0 Å². The third-order valence-corrected chi connectivity index (χ3v) is 1.72. The smallest absolute Gasteiger partial charge is 0.134 e. The molecule has 1 heterocycles. The summed E-state index contributed by atoms with van der Waals surface area (Å²) < 4.78 is 0. The molecule has 1 atom stereocenters. The fourth-order valence-electron chi connectivity index (χ4n) is 1.17. The summed E-state index contributed by atoms with van der Waals surface area (Å²) in [7, 11) is 0.